The van der Waals surface area contributed by atoms with Gasteiger partial charge in [0, 0.05) is 17.0 Å². The van der Waals surface area contributed by atoms with Crippen LogP contribution in [0.4, 0.5) is 17.3 Å². The number of hydrogen-bond acceptors (Lipinski definition) is 6. The molecule has 4 aromatic rings. The van der Waals surface area contributed by atoms with Crippen molar-refractivity contribution in [3.63, 3.8) is 0 Å². The summed E-state index contributed by atoms with van der Waals surface area (Å²) >= 11 is 0. The molecule has 4 rings (SSSR count). The highest BCUT2D eigenvalue weighted by molar-refractivity contribution is 5.96. The number of H-pyrrole nitrogens is 1. The van der Waals surface area contributed by atoms with Gasteiger partial charge in [-0.15, -0.1) is 0 Å². The van der Waals surface area contributed by atoms with E-state index >= 15 is 0 Å². The maximum absolute atomic E-state index is 6.09. The number of aromatic amines is 1. The van der Waals surface area contributed by atoms with Gasteiger partial charge in [0.05, 0.1) is 11.1 Å². The number of nitrogen functional groups attached to an aromatic ring is 1. The highest BCUT2D eigenvalue weighted by atomic mass is 16.5. The van der Waals surface area contributed by atoms with E-state index in [9.17, 15) is 0 Å². The maximum Gasteiger partial charge on any atom is 0.157 e. The summed E-state index contributed by atoms with van der Waals surface area (Å²) in [7, 11) is 0. The first-order valence-corrected chi connectivity index (χ1v) is 9.68. The Kier molecular flexibility index (Phi) is 4.70. The minimum atomic E-state index is -0.115. The van der Waals surface area contributed by atoms with Crippen LogP contribution in [0.1, 0.15) is 37.8 Å². The van der Waals surface area contributed by atoms with Crippen LogP contribution in [0, 0.1) is 31.1 Å². The molecule has 0 atom stereocenters. The van der Waals surface area contributed by atoms with Crippen LogP contribution in [-0.4, -0.2) is 20.3 Å². The average Bonchev–Trinajstić information content (AvgIpc) is 3.23. The third kappa shape index (κ3) is 3.85. The molecule has 0 fully saturated rings. The van der Waals surface area contributed by atoms with E-state index in [1.165, 1.54) is 0 Å². The fraction of sp³-hybridized carbons (Fsp3) is 0.261. The van der Waals surface area contributed by atoms with Gasteiger partial charge >= 0.3 is 0 Å². The number of hydrogen-bond donors (Lipinski definition) is 3. The fourth-order valence-electron chi connectivity index (χ4n) is 3.13. The van der Waals surface area contributed by atoms with E-state index in [2.05, 4.69) is 58.3 Å². The van der Waals surface area contributed by atoms with Crippen molar-refractivity contribution in [3.8, 4) is 23.0 Å². The van der Waals surface area contributed by atoms with Gasteiger partial charge in [0.2, 0.25) is 0 Å². The van der Waals surface area contributed by atoms with Gasteiger partial charge in [0.15, 0.2) is 11.6 Å². The summed E-state index contributed by atoms with van der Waals surface area (Å²) < 4.78 is 5.23. The number of fused-ring (bicyclic) bond motifs is 1. The van der Waals surface area contributed by atoms with E-state index in [0.29, 0.717) is 17.4 Å². The van der Waals surface area contributed by atoms with Crippen molar-refractivity contribution < 1.29 is 4.52 Å². The van der Waals surface area contributed by atoms with Gasteiger partial charge in [0.1, 0.15) is 17.2 Å². The molecule has 0 aliphatic carbocycles. The molecule has 0 saturated carbocycles. The minimum absolute atomic E-state index is 0.115. The Balaban J connectivity index is 1.79. The number of benzene rings is 1. The second-order valence-electron chi connectivity index (χ2n) is 8.31. The van der Waals surface area contributed by atoms with Crippen LogP contribution in [0.25, 0.3) is 22.0 Å². The number of rotatable bonds is 3. The second-order valence-corrected chi connectivity index (χ2v) is 8.31. The molecule has 0 aliphatic heterocycles. The number of nitrogens with zero attached hydrogens (tertiary/aromatic N) is 3. The van der Waals surface area contributed by atoms with Crippen LogP contribution in [0.2, 0.25) is 0 Å². The Morgan fingerprint density at radius 3 is 2.63 bits per heavy atom. The minimum Gasteiger partial charge on any atom is -0.382 e. The standard InChI is InChI=1S/C23H24N6O/c1-13-20(14(2)30-29-13)26-19-12-15(7-9-25-19)17-10-16(6-8-23(3,4)5)21-18(11-17)22(24)28-27-21/h7,9-12H,1-5H3,(H,25,26)(H3,24,27,28). The summed E-state index contributed by atoms with van der Waals surface area (Å²) in [4.78, 5) is 4.43. The van der Waals surface area contributed by atoms with E-state index in [-0.39, 0.29) is 5.41 Å². The lowest BCUT2D eigenvalue weighted by Gasteiger charge is -2.09. The van der Waals surface area contributed by atoms with Crippen LogP contribution in [0.3, 0.4) is 0 Å². The number of anilines is 3. The largest absolute Gasteiger partial charge is 0.382 e. The lowest BCUT2D eigenvalue weighted by Crippen LogP contribution is -1.99. The van der Waals surface area contributed by atoms with E-state index in [1.807, 2.05) is 38.1 Å². The number of nitrogens with two attached hydrogens (primary N) is 1. The second kappa shape index (κ2) is 7.23. The Labute approximate surface area is 175 Å². The van der Waals surface area contributed by atoms with Crippen molar-refractivity contribution in [1.82, 2.24) is 20.3 Å². The molecule has 1 aromatic carbocycles. The van der Waals surface area contributed by atoms with Crippen molar-refractivity contribution >= 4 is 28.2 Å². The molecule has 7 heteroatoms. The highest BCUT2D eigenvalue weighted by Gasteiger charge is 2.13. The molecule has 0 saturated heterocycles. The molecular weight excluding hydrogens is 376 g/mol. The molecule has 0 amide bonds. The van der Waals surface area contributed by atoms with Gasteiger partial charge < -0.3 is 15.6 Å². The van der Waals surface area contributed by atoms with Crippen LogP contribution in [-0.2, 0) is 0 Å². The van der Waals surface area contributed by atoms with Gasteiger partial charge in [-0.3, -0.25) is 5.10 Å². The number of pyridine rings is 1. The average molecular weight is 400 g/mol. The molecule has 3 aromatic heterocycles. The van der Waals surface area contributed by atoms with Crippen LogP contribution < -0.4 is 11.1 Å². The third-order valence-corrected chi connectivity index (χ3v) is 4.65. The zero-order chi connectivity index (χ0) is 21.5. The van der Waals surface area contributed by atoms with Crippen molar-refractivity contribution in [3.05, 3.63) is 47.5 Å². The van der Waals surface area contributed by atoms with Gasteiger partial charge in [0.25, 0.3) is 0 Å². The molecular formula is C23H24N6O. The normalized spacial score (nSPS) is 11.4. The molecule has 0 aliphatic rings. The molecule has 30 heavy (non-hydrogen) atoms. The summed E-state index contributed by atoms with van der Waals surface area (Å²) in [6, 6.07) is 8.00. The van der Waals surface area contributed by atoms with Crippen LogP contribution >= 0.6 is 0 Å². The Hall–Kier alpha value is -3.79. The van der Waals surface area contributed by atoms with E-state index in [4.69, 9.17) is 10.3 Å². The Bertz CT molecular complexity index is 1280. The zero-order valence-corrected chi connectivity index (χ0v) is 17.7. The first-order valence-electron chi connectivity index (χ1n) is 9.68. The number of aromatic nitrogens is 4. The lowest BCUT2D eigenvalue weighted by atomic mass is 9.96. The van der Waals surface area contributed by atoms with Crippen LogP contribution in [0.5, 0.6) is 0 Å². The molecule has 4 N–H and O–H groups in total. The Morgan fingerprint density at radius 2 is 1.93 bits per heavy atom. The molecule has 0 radical (unpaired) electrons. The van der Waals surface area contributed by atoms with E-state index < -0.39 is 0 Å². The molecule has 152 valence electrons. The first-order chi connectivity index (χ1) is 14.2. The summed E-state index contributed by atoms with van der Waals surface area (Å²) in [5.74, 6) is 8.45. The first kappa shape index (κ1) is 19.5. The monoisotopic (exact) mass is 400 g/mol. The third-order valence-electron chi connectivity index (χ3n) is 4.65. The number of nitrogens with one attached hydrogen (secondary N) is 2. The predicted octanol–water partition coefficient (Wildman–Crippen LogP) is 4.95. The fourth-order valence-corrected chi connectivity index (χ4v) is 3.13. The van der Waals surface area contributed by atoms with Crippen molar-refractivity contribution in [1.29, 1.82) is 0 Å². The summed E-state index contributed by atoms with van der Waals surface area (Å²) in [6.07, 6.45) is 1.76. The summed E-state index contributed by atoms with van der Waals surface area (Å²) in [5, 5.41) is 15.3. The van der Waals surface area contributed by atoms with Crippen molar-refractivity contribution in [2.45, 2.75) is 34.6 Å². The lowest BCUT2D eigenvalue weighted by molar-refractivity contribution is 0.393. The quantitative estimate of drug-likeness (QED) is 0.420. The summed E-state index contributed by atoms with van der Waals surface area (Å²) in [6.45, 7) is 9.99. The molecule has 0 bridgehead atoms. The topological polar surface area (TPSA) is 106 Å². The van der Waals surface area contributed by atoms with E-state index in [0.717, 1.165) is 39.0 Å². The van der Waals surface area contributed by atoms with Crippen LogP contribution in [0.15, 0.2) is 35.0 Å². The van der Waals surface area contributed by atoms with E-state index in [1.54, 1.807) is 6.20 Å². The van der Waals surface area contributed by atoms with Crippen molar-refractivity contribution in [2.75, 3.05) is 11.1 Å². The van der Waals surface area contributed by atoms with Crippen molar-refractivity contribution in [2.24, 2.45) is 5.41 Å². The molecule has 0 spiro atoms. The Morgan fingerprint density at radius 1 is 1.13 bits per heavy atom. The molecule has 7 nitrogen and oxygen atoms in total. The van der Waals surface area contributed by atoms with Gasteiger partial charge in [-0.1, -0.05) is 17.0 Å². The van der Waals surface area contributed by atoms with Gasteiger partial charge in [-0.25, -0.2) is 4.98 Å². The predicted molar refractivity (Wildman–Crippen MR) is 119 cm³/mol. The molecule has 3 heterocycles. The summed E-state index contributed by atoms with van der Waals surface area (Å²) in [5.41, 5.74) is 11.3. The number of aryl methyl sites for hydroxylation is 2. The van der Waals surface area contributed by atoms with Gasteiger partial charge in [-0.05, 0) is 70.0 Å². The van der Waals surface area contributed by atoms with Gasteiger partial charge in [-0.2, -0.15) is 5.10 Å². The molecule has 0 unspecified atom stereocenters. The SMILES string of the molecule is Cc1noc(C)c1Nc1cc(-c2cc(C#CC(C)(C)C)c3[nH]nc(N)c3c2)ccn1. The maximum atomic E-state index is 6.09. The smallest absolute Gasteiger partial charge is 0.157 e. The highest BCUT2D eigenvalue weighted by Crippen LogP contribution is 2.31. The zero-order valence-electron chi connectivity index (χ0n) is 17.7.